The number of aromatic nitrogens is 2. The Labute approximate surface area is 172 Å². The van der Waals surface area contributed by atoms with Crippen molar-refractivity contribution in [3.8, 4) is 0 Å². The molecule has 2 atom stereocenters. The van der Waals surface area contributed by atoms with E-state index >= 15 is 0 Å². The van der Waals surface area contributed by atoms with Gasteiger partial charge >= 0.3 is 0 Å². The summed E-state index contributed by atoms with van der Waals surface area (Å²) < 4.78 is 13.9. The topological polar surface area (TPSA) is 61.4 Å². The molecule has 0 saturated carbocycles. The molecular weight excluding hydrogens is 369 g/mol. The Kier molecular flexibility index (Phi) is 6.17. The van der Waals surface area contributed by atoms with Crippen molar-refractivity contribution in [2.24, 2.45) is 0 Å². The third-order valence-corrected chi connectivity index (χ3v) is 5.63. The molecule has 0 spiro atoms. The number of hydrogen-bond acceptors (Lipinski definition) is 5. The second-order valence-corrected chi connectivity index (χ2v) is 8.11. The maximum Gasteiger partial charge on any atom is 0.291 e. The summed E-state index contributed by atoms with van der Waals surface area (Å²) in [5.41, 5.74) is 3.42. The number of anilines is 1. The molecule has 0 aliphatic carbocycles. The average Bonchev–Trinajstić information content (AvgIpc) is 3.13. The second kappa shape index (κ2) is 8.45. The van der Waals surface area contributed by atoms with Crippen molar-refractivity contribution >= 4 is 11.7 Å². The molecule has 3 rings (SSSR count). The average molecular weight is 400 g/mol. The molecule has 6 nitrogen and oxygen atoms in total. The van der Waals surface area contributed by atoms with Gasteiger partial charge in [0.25, 0.3) is 5.91 Å². The van der Waals surface area contributed by atoms with Gasteiger partial charge in [-0.15, -0.1) is 0 Å². The number of amides is 1. The fourth-order valence-corrected chi connectivity index (χ4v) is 3.63. The molecule has 1 amide bonds. The highest BCUT2D eigenvalue weighted by molar-refractivity contribution is 5.90. The van der Waals surface area contributed by atoms with Gasteiger partial charge in [-0.3, -0.25) is 4.79 Å². The van der Waals surface area contributed by atoms with Crippen LogP contribution in [0.5, 0.6) is 0 Å². The van der Waals surface area contributed by atoms with Gasteiger partial charge in [-0.05, 0) is 51.3 Å². The summed E-state index contributed by atoms with van der Waals surface area (Å²) in [4.78, 5) is 25.0. The van der Waals surface area contributed by atoms with Crippen LogP contribution in [0.3, 0.4) is 0 Å². The van der Waals surface area contributed by atoms with E-state index in [1.54, 1.807) is 27.1 Å². The van der Waals surface area contributed by atoms with Gasteiger partial charge in [-0.2, -0.15) is 0 Å². The van der Waals surface area contributed by atoms with E-state index in [2.05, 4.69) is 27.1 Å². The first kappa shape index (κ1) is 21.2. The predicted octanol–water partition coefficient (Wildman–Crippen LogP) is 3.17. The molecule has 1 N–H and O–H groups in total. The Bertz CT molecular complexity index is 914. The van der Waals surface area contributed by atoms with E-state index in [1.807, 2.05) is 26.0 Å². The Morgan fingerprint density at radius 2 is 2.00 bits per heavy atom. The molecule has 1 aliphatic rings. The number of halogens is 1. The van der Waals surface area contributed by atoms with Gasteiger partial charge in [0.15, 0.2) is 0 Å². The molecule has 1 aromatic carbocycles. The zero-order valence-corrected chi connectivity index (χ0v) is 18.1. The molecule has 156 valence electrons. The van der Waals surface area contributed by atoms with E-state index in [1.165, 1.54) is 4.90 Å². The summed E-state index contributed by atoms with van der Waals surface area (Å²) in [6, 6.07) is 5.71. The van der Waals surface area contributed by atoms with Crippen molar-refractivity contribution in [3.05, 3.63) is 52.2 Å². The van der Waals surface area contributed by atoms with Crippen molar-refractivity contribution in [1.29, 1.82) is 0 Å². The van der Waals surface area contributed by atoms with Gasteiger partial charge in [0.05, 0.1) is 0 Å². The van der Waals surface area contributed by atoms with Crippen molar-refractivity contribution in [2.75, 3.05) is 32.1 Å². The number of hydrogen-bond donors (Lipinski definition) is 1. The molecule has 1 aromatic heterocycles. The minimum absolute atomic E-state index is 0.0501. The molecule has 1 aliphatic heterocycles. The van der Waals surface area contributed by atoms with Crippen LogP contribution in [0.2, 0.25) is 0 Å². The molecular formula is C22H30FN5O. The number of benzene rings is 1. The molecule has 7 heteroatoms. The Balaban J connectivity index is 1.73. The summed E-state index contributed by atoms with van der Waals surface area (Å²) in [5, 5.41) is 3.60. The molecule has 2 heterocycles. The lowest BCUT2D eigenvalue weighted by Gasteiger charge is -2.23. The summed E-state index contributed by atoms with van der Waals surface area (Å²) in [7, 11) is 3.40. The molecule has 1 unspecified atom stereocenters. The van der Waals surface area contributed by atoms with E-state index in [9.17, 15) is 9.18 Å². The van der Waals surface area contributed by atoms with E-state index < -0.39 is 0 Å². The first-order chi connectivity index (χ1) is 13.7. The van der Waals surface area contributed by atoms with Crippen LogP contribution in [0.4, 0.5) is 10.2 Å². The van der Waals surface area contributed by atoms with Crippen LogP contribution in [-0.2, 0) is 0 Å². The summed E-state index contributed by atoms with van der Waals surface area (Å²) in [6.45, 7) is 9.36. The van der Waals surface area contributed by atoms with Crippen molar-refractivity contribution in [3.63, 3.8) is 0 Å². The van der Waals surface area contributed by atoms with Gasteiger partial charge in [0, 0.05) is 50.5 Å². The Hall–Kier alpha value is -2.54. The van der Waals surface area contributed by atoms with Gasteiger partial charge < -0.3 is 15.1 Å². The van der Waals surface area contributed by atoms with Crippen molar-refractivity contribution < 1.29 is 9.18 Å². The minimum Gasteiger partial charge on any atom is -0.355 e. The Morgan fingerprint density at radius 1 is 1.28 bits per heavy atom. The maximum absolute atomic E-state index is 13.9. The highest BCUT2D eigenvalue weighted by Crippen LogP contribution is 2.26. The fourth-order valence-electron chi connectivity index (χ4n) is 3.63. The van der Waals surface area contributed by atoms with Gasteiger partial charge in [0.1, 0.15) is 11.6 Å². The molecule has 1 fully saturated rings. The summed E-state index contributed by atoms with van der Waals surface area (Å²) >= 11 is 0. The summed E-state index contributed by atoms with van der Waals surface area (Å²) in [6.07, 6.45) is 0.956. The highest BCUT2D eigenvalue weighted by Gasteiger charge is 2.28. The number of carbonyl (C=O) groups excluding carboxylic acids is 1. The zero-order valence-electron chi connectivity index (χ0n) is 18.1. The summed E-state index contributed by atoms with van der Waals surface area (Å²) in [5.74, 6) is 0.682. The molecule has 0 bridgehead atoms. The molecule has 29 heavy (non-hydrogen) atoms. The highest BCUT2D eigenvalue weighted by atomic mass is 19.1. The fraction of sp³-hybridized carbons (Fsp3) is 0.500. The van der Waals surface area contributed by atoms with Crippen LogP contribution >= 0.6 is 0 Å². The Morgan fingerprint density at radius 3 is 2.66 bits per heavy atom. The standard InChI is InChI=1S/C22H30FN5O/c1-13-7-8-17(11-19(13)23)16(4)24-18-9-10-28(12-18)21-14(2)15(3)25-20(26-21)22(29)27(5)6/h7-8,11,16,18,24H,9-10,12H2,1-6H3/t16?,18-/m1/s1. The first-order valence-corrected chi connectivity index (χ1v) is 10.0. The predicted molar refractivity (Wildman–Crippen MR) is 113 cm³/mol. The molecule has 2 aromatic rings. The lowest BCUT2D eigenvalue weighted by atomic mass is 10.0. The molecule has 0 radical (unpaired) electrons. The quantitative estimate of drug-likeness (QED) is 0.837. The van der Waals surface area contributed by atoms with Crippen LogP contribution in [0.25, 0.3) is 0 Å². The number of aryl methyl sites for hydroxylation is 2. The van der Waals surface area contributed by atoms with Crippen LogP contribution in [0, 0.1) is 26.6 Å². The molecule has 1 saturated heterocycles. The van der Waals surface area contributed by atoms with Crippen LogP contribution in [0.1, 0.15) is 52.4 Å². The van der Waals surface area contributed by atoms with E-state index in [-0.39, 0.29) is 29.6 Å². The van der Waals surface area contributed by atoms with Gasteiger partial charge in [-0.1, -0.05) is 12.1 Å². The zero-order chi connectivity index (χ0) is 21.3. The normalized spacial score (nSPS) is 17.5. The lowest BCUT2D eigenvalue weighted by molar-refractivity contribution is 0.0815. The SMILES string of the molecule is Cc1ccc(C(C)N[C@@H]2CCN(c3nc(C(=O)N(C)C)nc(C)c3C)C2)cc1F. The van der Waals surface area contributed by atoms with Crippen LogP contribution in [0.15, 0.2) is 18.2 Å². The van der Waals surface area contributed by atoms with Crippen LogP contribution in [-0.4, -0.2) is 54.0 Å². The smallest absolute Gasteiger partial charge is 0.291 e. The van der Waals surface area contributed by atoms with Gasteiger partial charge in [-0.25, -0.2) is 14.4 Å². The van der Waals surface area contributed by atoms with Gasteiger partial charge in [0.2, 0.25) is 5.82 Å². The van der Waals surface area contributed by atoms with E-state index in [0.717, 1.165) is 42.1 Å². The van der Waals surface area contributed by atoms with E-state index in [4.69, 9.17) is 0 Å². The largest absolute Gasteiger partial charge is 0.355 e. The third kappa shape index (κ3) is 4.56. The third-order valence-electron chi connectivity index (χ3n) is 5.63. The van der Waals surface area contributed by atoms with Crippen molar-refractivity contribution in [2.45, 2.75) is 46.2 Å². The number of carbonyl (C=O) groups is 1. The maximum atomic E-state index is 13.9. The van der Waals surface area contributed by atoms with E-state index in [0.29, 0.717) is 5.56 Å². The minimum atomic E-state index is -0.196. The van der Waals surface area contributed by atoms with Crippen LogP contribution < -0.4 is 10.2 Å². The first-order valence-electron chi connectivity index (χ1n) is 10.0. The number of rotatable bonds is 5. The number of nitrogens with zero attached hydrogens (tertiary/aromatic N) is 4. The second-order valence-electron chi connectivity index (χ2n) is 8.11. The van der Waals surface area contributed by atoms with Crippen molar-refractivity contribution in [1.82, 2.24) is 20.2 Å². The monoisotopic (exact) mass is 399 g/mol. The number of nitrogens with one attached hydrogen (secondary N) is 1. The lowest BCUT2D eigenvalue weighted by Crippen LogP contribution is -2.35.